The van der Waals surface area contributed by atoms with Gasteiger partial charge < -0.3 is 4.98 Å². The zero-order chi connectivity index (χ0) is 20.3. The van der Waals surface area contributed by atoms with Gasteiger partial charge in [-0.3, -0.25) is 4.79 Å². The number of nitrogens with zero attached hydrogens (tertiary/aromatic N) is 1. The largest absolute Gasteiger partial charge is 0.322 e. The number of thiazole rings is 1. The Morgan fingerprint density at radius 2 is 1.83 bits per heavy atom. The summed E-state index contributed by atoms with van der Waals surface area (Å²) in [6.45, 7) is 0. The van der Waals surface area contributed by atoms with Crippen LogP contribution in [-0.2, 0) is 12.8 Å². The molecule has 144 valence electrons. The third-order valence-corrected chi connectivity index (χ3v) is 5.89. The number of pyridine rings is 1. The summed E-state index contributed by atoms with van der Waals surface area (Å²) >= 11 is 1.65. The second-order valence-corrected chi connectivity index (χ2v) is 8.11. The number of rotatable bonds is 3. The van der Waals surface area contributed by atoms with Crippen molar-refractivity contribution < 1.29 is 0 Å². The molecule has 4 heteroatoms. The van der Waals surface area contributed by atoms with E-state index in [2.05, 4.69) is 40.0 Å². The number of hydrogen-bond donors (Lipinski definition) is 1. The lowest BCUT2D eigenvalue weighted by Crippen LogP contribution is -2.12. The van der Waals surface area contributed by atoms with Gasteiger partial charge in [0.05, 0.1) is 15.7 Å². The third-order valence-electron chi connectivity index (χ3n) is 5.08. The second kappa shape index (κ2) is 7.98. The van der Waals surface area contributed by atoms with Gasteiger partial charge in [0.2, 0.25) is 0 Å². The lowest BCUT2D eigenvalue weighted by Gasteiger charge is -2.04. The van der Waals surface area contributed by atoms with Crippen LogP contribution in [-0.4, -0.2) is 9.97 Å². The van der Waals surface area contributed by atoms with Gasteiger partial charge in [-0.15, -0.1) is 11.3 Å². The molecule has 30 heavy (non-hydrogen) atoms. The Labute approximate surface area is 178 Å². The van der Waals surface area contributed by atoms with E-state index >= 15 is 0 Å². The molecule has 2 aromatic heterocycles. The van der Waals surface area contributed by atoms with Gasteiger partial charge in [-0.05, 0) is 52.9 Å². The van der Waals surface area contributed by atoms with Gasteiger partial charge >= 0.3 is 0 Å². The highest BCUT2D eigenvalue weighted by Crippen LogP contribution is 2.19. The Balaban J connectivity index is 1.40. The molecule has 0 aliphatic carbocycles. The van der Waals surface area contributed by atoms with E-state index in [9.17, 15) is 4.79 Å². The van der Waals surface area contributed by atoms with E-state index in [4.69, 9.17) is 0 Å². The predicted octanol–water partition coefficient (Wildman–Crippen LogP) is 5.32. The van der Waals surface area contributed by atoms with Crippen molar-refractivity contribution >= 4 is 32.5 Å². The summed E-state index contributed by atoms with van der Waals surface area (Å²) in [7, 11) is 0. The van der Waals surface area contributed by atoms with E-state index in [1.807, 2.05) is 60.1 Å². The van der Waals surface area contributed by atoms with Crippen molar-refractivity contribution in [1.29, 1.82) is 0 Å². The minimum Gasteiger partial charge on any atom is -0.322 e. The summed E-state index contributed by atoms with van der Waals surface area (Å²) in [6.07, 6.45) is 1.29. The van der Waals surface area contributed by atoms with Crippen LogP contribution in [0.2, 0.25) is 0 Å². The van der Waals surface area contributed by atoms with E-state index < -0.39 is 0 Å². The Morgan fingerprint density at radius 1 is 0.933 bits per heavy atom. The fourth-order valence-corrected chi connectivity index (χ4v) is 4.20. The molecule has 3 nitrogen and oxygen atoms in total. The van der Waals surface area contributed by atoms with Crippen molar-refractivity contribution in [2.45, 2.75) is 12.8 Å². The smallest absolute Gasteiger partial charge is 0.251 e. The lowest BCUT2D eigenvalue weighted by atomic mass is 10.0. The Morgan fingerprint density at radius 3 is 2.73 bits per heavy atom. The van der Waals surface area contributed by atoms with E-state index in [1.54, 1.807) is 11.3 Å². The van der Waals surface area contributed by atoms with Crippen LogP contribution < -0.4 is 5.56 Å². The van der Waals surface area contributed by atoms with Gasteiger partial charge in [-0.1, -0.05) is 48.2 Å². The fraction of sp³-hybridized carbons (Fsp3) is 0.0769. The van der Waals surface area contributed by atoms with E-state index in [-0.39, 0.29) is 5.56 Å². The van der Waals surface area contributed by atoms with Crippen molar-refractivity contribution in [1.82, 2.24) is 9.97 Å². The monoisotopic (exact) mass is 406 g/mol. The number of benzene rings is 3. The molecule has 5 aromatic rings. The van der Waals surface area contributed by atoms with Crippen LogP contribution in [0, 0.1) is 11.8 Å². The first-order valence-corrected chi connectivity index (χ1v) is 10.6. The Kier molecular flexibility index (Phi) is 4.88. The summed E-state index contributed by atoms with van der Waals surface area (Å²) in [5.74, 6) is 6.51. The van der Waals surface area contributed by atoms with E-state index in [1.165, 1.54) is 4.70 Å². The zero-order valence-electron chi connectivity index (χ0n) is 16.2. The molecule has 0 amide bonds. The SMILES string of the molecule is O=c1[nH]c2ccc(C#CCc3ccc4scnc4c3)cc2cc1Cc1ccccc1. The van der Waals surface area contributed by atoms with E-state index in [0.717, 1.165) is 38.7 Å². The average Bonchev–Trinajstić information content (AvgIpc) is 3.23. The molecule has 0 aliphatic heterocycles. The van der Waals surface area contributed by atoms with Crippen LogP contribution >= 0.6 is 11.3 Å². The van der Waals surface area contributed by atoms with Crippen LogP contribution in [0.4, 0.5) is 0 Å². The molecular formula is C26H18N2OS. The minimum atomic E-state index is -0.0392. The van der Waals surface area contributed by atoms with Crippen molar-refractivity contribution in [2.24, 2.45) is 0 Å². The molecule has 0 saturated carbocycles. The first-order valence-electron chi connectivity index (χ1n) is 9.75. The standard InChI is InChI=1S/C26H18N2OS/c29-26-22(14-18-5-2-1-3-6-18)16-21-13-19(9-11-23(21)28-26)7-4-8-20-10-12-25-24(15-20)27-17-30-25/h1-3,5-6,9-13,15-17H,8,14H2,(H,28,29). The van der Waals surface area contributed by atoms with Crippen LogP contribution in [0.1, 0.15) is 22.3 Å². The molecule has 2 heterocycles. The maximum absolute atomic E-state index is 12.4. The minimum absolute atomic E-state index is 0.0392. The van der Waals surface area contributed by atoms with Gasteiger partial charge in [-0.25, -0.2) is 4.98 Å². The molecule has 0 aliphatic rings. The van der Waals surface area contributed by atoms with Crippen molar-refractivity contribution in [2.75, 3.05) is 0 Å². The molecule has 5 rings (SSSR count). The summed E-state index contributed by atoms with van der Waals surface area (Å²) in [4.78, 5) is 19.8. The van der Waals surface area contributed by atoms with Crippen LogP contribution in [0.5, 0.6) is 0 Å². The Hall–Kier alpha value is -3.68. The number of aromatic nitrogens is 2. The molecule has 0 atom stereocenters. The molecule has 0 radical (unpaired) electrons. The molecule has 0 spiro atoms. The van der Waals surface area contributed by atoms with Gasteiger partial charge in [-0.2, -0.15) is 0 Å². The van der Waals surface area contributed by atoms with Crippen LogP contribution in [0.25, 0.3) is 21.1 Å². The summed E-state index contributed by atoms with van der Waals surface area (Å²) in [5.41, 5.74) is 7.67. The maximum Gasteiger partial charge on any atom is 0.251 e. The number of nitrogens with one attached hydrogen (secondary N) is 1. The first-order chi connectivity index (χ1) is 14.7. The second-order valence-electron chi connectivity index (χ2n) is 7.22. The van der Waals surface area contributed by atoms with Crippen molar-refractivity contribution in [3.05, 3.63) is 111 Å². The lowest BCUT2D eigenvalue weighted by molar-refractivity contribution is 1.12. The number of aromatic amines is 1. The number of hydrogen-bond acceptors (Lipinski definition) is 3. The highest BCUT2D eigenvalue weighted by Gasteiger charge is 2.05. The fourth-order valence-electron chi connectivity index (χ4n) is 3.54. The molecule has 0 unspecified atom stereocenters. The topological polar surface area (TPSA) is 45.8 Å². The summed E-state index contributed by atoms with van der Waals surface area (Å²) < 4.78 is 1.20. The molecular weight excluding hydrogens is 388 g/mol. The number of fused-ring (bicyclic) bond motifs is 2. The number of H-pyrrole nitrogens is 1. The summed E-state index contributed by atoms with van der Waals surface area (Å²) in [6, 6.07) is 24.2. The maximum atomic E-state index is 12.4. The molecule has 0 bridgehead atoms. The quantitative estimate of drug-likeness (QED) is 0.412. The van der Waals surface area contributed by atoms with E-state index in [0.29, 0.717) is 12.8 Å². The molecule has 3 aromatic carbocycles. The average molecular weight is 407 g/mol. The predicted molar refractivity (Wildman–Crippen MR) is 124 cm³/mol. The summed E-state index contributed by atoms with van der Waals surface area (Å²) in [5, 5.41) is 0.997. The highest BCUT2D eigenvalue weighted by molar-refractivity contribution is 7.16. The normalized spacial score (nSPS) is 10.8. The first kappa shape index (κ1) is 18.4. The molecule has 0 saturated heterocycles. The van der Waals surface area contributed by atoms with Crippen LogP contribution in [0.15, 0.2) is 83.1 Å². The van der Waals surface area contributed by atoms with Gasteiger partial charge in [0.1, 0.15) is 0 Å². The van der Waals surface area contributed by atoms with Crippen LogP contribution in [0.3, 0.4) is 0 Å². The third kappa shape index (κ3) is 3.89. The van der Waals surface area contributed by atoms with Gasteiger partial charge in [0.25, 0.3) is 5.56 Å². The van der Waals surface area contributed by atoms with Crippen molar-refractivity contribution in [3.8, 4) is 11.8 Å². The molecule has 0 fully saturated rings. The highest BCUT2D eigenvalue weighted by atomic mass is 32.1. The van der Waals surface area contributed by atoms with Crippen molar-refractivity contribution in [3.63, 3.8) is 0 Å². The zero-order valence-corrected chi connectivity index (χ0v) is 17.0. The van der Waals surface area contributed by atoms with Gasteiger partial charge in [0.15, 0.2) is 0 Å². The Bertz CT molecular complexity index is 1470. The van der Waals surface area contributed by atoms with Gasteiger partial charge in [0, 0.05) is 29.5 Å². The molecule has 1 N–H and O–H groups in total.